The maximum atomic E-state index is 10.6. The molecule has 0 fully saturated rings. The van der Waals surface area contributed by atoms with E-state index in [1.807, 2.05) is 24.3 Å². The zero-order valence-electron chi connectivity index (χ0n) is 9.94. The molecule has 5 heteroatoms. The minimum atomic E-state index is 0.309. The lowest BCUT2D eigenvalue weighted by atomic mass is 10.2. The zero-order chi connectivity index (χ0) is 13.0. The fourth-order valence-corrected chi connectivity index (χ4v) is 2.07. The summed E-state index contributed by atoms with van der Waals surface area (Å²) in [5.74, 6) is 1.14. The van der Waals surface area contributed by atoms with Crippen LogP contribution in [0.2, 0.25) is 0 Å². The largest absolute Gasteiger partial charge is 0.494 e. The van der Waals surface area contributed by atoms with Crippen molar-refractivity contribution in [2.24, 2.45) is 0 Å². The van der Waals surface area contributed by atoms with Crippen molar-refractivity contribution in [3.05, 3.63) is 34.7 Å². The molecule has 0 radical (unpaired) electrons. The first kappa shape index (κ1) is 12.8. The number of rotatable bonds is 5. The van der Waals surface area contributed by atoms with Crippen molar-refractivity contribution in [2.75, 3.05) is 6.61 Å². The van der Waals surface area contributed by atoms with Crippen molar-refractivity contribution in [3.8, 4) is 17.0 Å². The van der Waals surface area contributed by atoms with Crippen LogP contribution in [0.1, 0.15) is 24.0 Å². The lowest BCUT2D eigenvalue weighted by Gasteiger charge is -2.04. The number of ether oxygens (including phenoxy) is 1. The number of nitrogens with zero attached hydrogens (tertiary/aromatic N) is 1. The van der Waals surface area contributed by atoms with E-state index in [9.17, 15) is 4.79 Å². The minimum Gasteiger partial charge on any atom is -0.494 e. The Balaban J connectivity index is 2.22. The van der Waals surface area contributed by atoms with Crippen molar-refractivity contribution >= 4 is 22.2 Å². The Hall–Kier alpha value is -1.62. The van der Waals surface area contributed by atoms with E-state index in [1.54, 1.807) is 0 Å². The summed E-state index contributed by atoms with van der Waals surface area (Å²) < 4.78 is 6.21. The van der Waals surface area contributed by atoms with Gasteiger partial charge in [-0.2, -0.15) is 0 Å². The predicted octanol–water partition coefficient (Wildman–Crippen LogP) is 3.44. The summed E-state index contributed by atoms with van der Waals surface area (Å²) in [7, 11) is 0. The summed E-state index contributed by atoms with van der Waals surface area (Å²) in [4.78, 5) is 17.7. The Morgan fingerprint density at radius 2 is 2.11 bits per heavy atom. The Morgan fingerprint density at radius 3 is 2.67 bits per heavy atom. The number of hydrogen-bond acceptors (Lipinski definition) is 3. The van der Waals surface area contributed by atoms with Gasteiger partial charge in [0.15, 0.2) is 12.1 Å². The molecular formula is C13H13BrN2O2. The highest BCUT2D eigenvalue weighted by atomic mass is 79.9. The van der Waals surface area contributed by atoms with Crippen LogP contribution in [0.25, 0.3) is 11.3 Å². The summed E-state index contributed by atoms with van der Waals surface area (Å²) in [5, 5.41) is 0. The summed E-state index contributed by atoms with van der Waals surface area (Å²) in [6, 6.07) is 7.63. The molecular weight excluding hydrogens is 296 g/mol. The van der Waals surface area contributed by atoms with Crippen molar-refractivity contribution in [2.45, 2.75) is 13.3 Å². The fourth-order valence-electron chi connectivity index (χ4n) is 1.55. The Morgan fingerprint density at radius 1 is 1.39 bits per heavy atom. The van der Waals surface area contributed by atoms with E-state index in [2.05, 4.69) is 32.8 Å². The normalized spacial score (nSPS) is 10.3. The molecule has 0 atom stereocenters. The van der Waals surface area contributed by atoms with Gasteiger partial charge in [-0.05, 0) is 46.6 Å². The number of hydrogen-bond donors (Lipinski definition) is 1. The maximum absolute atomic E-state index is 10.6. The SMILES string of the molecule is CCCOc1ccc(-c2nc(C=O)[nH]c2Br)cc1. The van der Waals surface area contributed by atoms with Crippen LogP contribution in [0.3, 0.4) is 0 Å². The molecule has 2 aromatic rings. The average Bonchev–Trinajstić information content (AvgIpc) is 2.78. The molecule has 0 unspecified atom stereocenters. The van der Waals surface area contributed by atoms with Crippen molar-refractivity contribution in [1.82, 2.24) is 9.97 Å². The van der Waals surface area contributed by atoms with Gasteiger partial charge in [-0.1, -0.05) is 6.92 Å². The Bertz CT molecular complexity index is 534. The van der Waals surface area contributed by atoms with Gasteiger partial charge < -0.3 is 9.72 Å². The van der Waals surface area contributed by atoms with Crippen LogP contribution in [0.5, 0.6) is 5.75 Å². The topological polar surface area (TPSA) is 55.0 Å². The first-order valence-corrected chi connectivity index (χ1v) is 6.47. The minimum absolute atomic E-state index is 0.309. The molecule has 2 rings (SSSR count). The van der Waals surface area contributed by atoms with Gasteiger partial charge >= 0.3 is 0 Å². The monoisotopic (exact) mass is 308 g/mol. The standard InChI is InChI=1S/C13H13BrN2O2/c1-2-7-18-10-5-3-9(4-6-10)12-13(14)16-11(8-17)15-12/h3-6,8H,2,7H2,1H3,(H,15,16). The number of aromatic amines is 1. The number of carbonyl (C=O) groups excluding carboxylic acids is 1. The predicted molar refractivity (Wildman–Crippen MR) is 72.9 cm³/mol. The zero-order valence-corrected chi connectivity index (χ0v) is 11.5. The quantitative estimate of drug-likeness (QED) is 0.861. The molecule has 1 heterocycles. The van der Waals surface area contributed by atoms with E-state index in [0.29, 0.717) is 23.3 Å². The van der Waals surface area contributed by atoms with Gasteiger partial charge in [0.1, 0.15) is 16.0 Å². The van der Waals surface area contributed by atoms with Gasteiger partial charge in [-0.3, -0.25) is 4.79 Å². The summed E-state index contributed by atoms with van der Waals surface area (Å²) in [6.45, 7) is 2.77. The maximum Gasteiger partial charge on any atom is 0.185 e. The van der Waals surface area contributed by atoms with Crippen molar-refractivity contribution < 1.29 is 9.53 Å². The van der Waals surface area contributed by atoms with Crippen LogP contribution in [0, 0.1) is 0 Å². The van der Waals surface area contributed by atoms with E-state index in [1.165, 1.54) is 0 Å². The molecule has 0 spiro atoms. The summed E-state index contributed by atoms with van der Waals surface area (Å²) in [5.41, 5.74) is 1.65. The van der Waals surface area contributed by atoms with E-state index in [-0.39, 0.29) is 0 Å². The smallest absolute Gasteiger partial charge is 0.185 e. The van der Waals surface area contributed by atoms with E-state index in [4.69, 9.17) is 4.74 Å². The second-order valence-corrected chi connectivity index (χ2v) is 4.57. The first-order chi connectivity index (χ1) is 8.74. The Kier molecular flexibility index (Phi) is 4.15. The molecule has 1 aromatic heterocycles. The van der Waals surface area contributed by atoms with Crippen LogP contribution in [0.15, 0.2) is 28.9 Å². The number of carbonyl (C=O) groups is 1. The van der Waals surface area contributed by atoms with Crippen LogP contribution in [-0.4, -0.2) is 22.9 Å². The second kappa shape index (κ2) is 5.82. The van der Waals surface area contributed by atoms with Gasteiger partial charge in [-0.15, -0.1) is 0 Å². The average molecular weight is 309 g/mol. The molecule has 18 heavy (non-hydrogen) atoms. The van der Waals surface area contributed by atoms with Gasteiger partial charge in [0.2, 0.25) is 0 Å². The van der Waals surface area contributed by atoms with Gasteiger partial charge in [0.05, 0.1) is 6.61 Å². The van der Waals surface area contributed by atoms with E-state index < -0.39 is 0 Å². The molecule has 0 aliphatic rings. The molecule has 4 nitrogen and oxygen atoms in total. The first-order valence-electron chi connectivity index (χ1n) is 5.68. The van der Waals surface area contributed by atoms with E-state index in [0.717, 1.165) is 23.4 Å². The van der Waals surface area contributed by atoms with Crippen molar-refractivity contribution in [3.63, 3.8) is 0 Å². The molecule has 0 aliphatic heterocycles. The molecule has 0 saturated carbocycles. The lowest BCUT2D eigenvalue weighted by molar-refractivity contribution is 0.111. The van der Waals surface area contributed by atoms with E-state index >= 15 is 0 Å². The number of imidazole rings is 1. The molecule has 0 saturated heterocycles. The van der Waals surface area contributed by atoms with Crippen LogP contribution < -0.4 is 4.74 Å². The second-order valence-electron chi connectivity index (χ2n) is 3.78. The third kappa shape index (κ3) is 2.79. The van der Waals surface area contributed by atoms with Gasteiger partial charge in [-0.25, -0.2) is 4.98 Å². The summed E-state index contributed by atoms with van der Waals surface area (Å²) >= 11 is 3.35. The van der Waals surface area contributed by atoms with Crippen LogP contribution in [-0.2, 0) is 0 Å². The Labute approximate surface area is 114 Å². The number of halogens is 1. The highest BCUT2D eigenvalue weighted by Crippen LogP contribution is 2.27. The third-order valence-electron chi connectivity index (χ3n) is 2.39. The van der Waals surface area contributed by atoms with Crippen LogP contribution in [0.4, 0.5) is 0 Å². The number of aromatic nitrogens is 2. The molecule has 1 aromatic carbocycles. The third-order valence-corrected chi connectivity index (χ3v) is 2.96. The number of benzene rings is 1. The number of nitrogens with one attached hydrogen (secondary N) is 1. The molecule has 1 N–H and O–H groups in total. The summed E-state index contributed by atoms with van der Waals surface area (Å²) in [6.07, 6.45) is 1.67. The fraction of sp³-hybridized carbons (Fsp3) is 0.231. The lowest BCUT2D eigenvalue weighted by Crippen LogP contribution is -1.94. The number of H-pyrrole nitrogens is 1. The molecule has 0 amide bonds. The molecule has 94 valence electrons. The van der Waals surface area contributed by atoms with Crippen LogP contribution >= 0.6 is 15.9 Å². The van der Waals surface area contributed by atoms with Gasteiger partial charge in [0.25, 0.3) is 0 Å². The highest BCUT2D eigenvalue weighted by Gasteiger charge is 2.09. The van der Waals surface area contributed by atoms with Crippen molar-refractivity contribution in [1.29, 1.82) is 0 Å². The number of aldehydes is 1. The molecule has 0 bridgehead atoms. The molecule has 0 aliphatic carbocycles. The highest BCUT2D eigenvalue weighted by molar-refractivity contribution is 9.10. The van der Waals surface area contributed by atoms with Gasteiger partial charge in [0, 0.05) is 5.56 Å².